The highest BCUT2D eigenvalue weighted by molar-refractivity contribution is 5.93. The third-order valence-corrected chi connectivity index (χ3v) is 5.69. The smallest absolute Gasteiger partial charge is 0.261 e. The zero-order valence-corrected chi connectivity index (χ0v) is 19.2. The second kappa shape index (κ2) is 10.0. The number of hydrogen-bond donors (Lipinski definition) is 0. The van der Waals surface area contributed by atoms with Gasteiger partial charge in [-0.2, -0.15) is 0 Å². The van der Waals surface area contributed by atoms with Crippen LogP contribution in [0.5, 0.6) is 0 Å². The van der Waals surface area contributed by atoms with E-state index in [2.05, 4.69) is 11.9 Å². The van der Waals surface area contributed by atoms with E-state index in [4.69, 9.17) is 9.72 Å². The van der Waals surface area contributed by atoms with Gasteiger partial charge in [-0.05, 0) is 38.5 Å². The minimum Gasteiger partial charge on any atom is -0.379 e. The Hall–Kier alpha value is -3.38. The normalized spacial score (nSPS) is 12.2. The van der Waals surface area contributed by atoms with Gasteiger partial charge in [-0.15, -0.1) is 0 Å². The molecule has 5 nitrogen and oxygen atoms in total. The van der Waals surface area contributed by atoms with Gasteiger partial charge in [0.1, 0.15) is 11.3 Å². The number of hydrogen-bond acceptors (Lipinski definition) is 4. The summed E-state index contributed by atoms with van der Waals surface area (Å²) in [7, 11) is 0. The maximum absolute atomic E-state index is 14.0. The predicted molar refractivity (Wildman–Crippen MR) is 130 cm³/mol. The summed E-state index contributed by atoms with van der Waals surface area (Å²) < 4.78 is 21.3. The summed E-state index contributed by atoms with van der Waals surface area (Å²) in [5, 5.41) is 0.447. The number of nitrogens with zero attached hydrogens (tertiary/aromatic N) is 3. The molecule has 2 aromatic heterocycles. The van der Waals surface area contributed by atoms with E-state index in [-0.39, 0.29) is 17.4 Å². The summed E-state index contributed by atoms with van der Waals surface area (Å²) in [4.78, 5) is 22.9. The number of ether oxygens (including phenoxy) is 1. The van der Waals surface area contributed by atoms with Crippen molar-refractivity contribution in [2.75, 3.05) is 13.2 Å². The zero-order chi connectivity index (χ0) is 23.4. The number of rotatable bonds is 8. The highest BCUT2D eigenvalue weighted by Crippen LogP contribution is 2.29. The standard InChI is InChI=1S/C27H28FN3O2/c1-4-5-13-33-16-19(3)31-17-29-26-23(27(31)32)15-24(20-11-9-18(2)10-12-20)30-25(26)21-7-6-8-22(28)14-21/h6-12,14-15,17,19H,4-5,13,16H2,1-3H3/t19-/m0/s1. The SMILES string of the molecule is CCCCOC[C@H](C)n1cnc2c(-c3cccc(F)c3)nc(-c3ccc(C)cc3)cc2c1=O. The van der Waals surface area contributed by atoms with Gasteiger partial charge in [0.15, 0.2) is 0 Å². The molecule has 0 N–H and O–H groups in total. The lowest BCUT2D eigenvalue weighted by atomic mass is 10.0. The summed E-state index contributed by atoms with van der Waals surface area (Å²) in [5.41, 5.74) is 4.01. The molecule has 6 heteroatoms. The first kappa shape index (κ1) is 22.8. The number of benzene rings is 2. The molecule has 0 aliphatic carbocycles. The van der Waals surface area contributed by atoms with Crippen molar-refractivity contribution >= 4 is 10.9 Å². The Balaban J connectivity index is 1.86. The van der Waals surface area contributed by atoms with Crippen molar-refractivity contribution in [2.24, 2.45) is 0 Å². The fourth-order valence-electron chi connectivity index (χ4n) is 3.75. The lowest BCUT2D eigenvalue weighted by molar-refractivity contribution is 0.104. The molecular weight excluding hydrogens is 417 g/mol. The second-order valence-corrected chi connectivity index (χ2v) is 8.36. The molecule has 0 aliphatic rings. The summed E-state index contributed by atoms with van der Waals surface area (Å²) >= 11 is 0. The average Bonchev–Trinajstić information content (AvgIpc) is 2.82. The van der Waals surface area contributed by atoms with Crippen LogP contribution in [0.25, 0.3) is 33.4 Å². The molecule has 0 radical (unpaired) electrons. The number of halogens is 1. The first-order valence-corrected chi connectivity index (χ1v) is 11.3. The van der Waals surface area contributed by atoms with Crippen LogP contribution in [0.15, 0.2) is 65.7 Å². The van der Waals surface area contributed by atoms with E-state index in [0.717, 1.165) is 24.0 Å². The minimum absolute atomic E-state index is 0.167. The van der Waals surface area contributed by atoms with Crippen molar-refractivity contribution < 1.29 is 9.13 Å². The van der Waals surface area contributed by atoms with Gasteiger partial charge in [-0.3, -0.25) is 9.36 Å². The van der Waals surface area contributed by atoms with E-state index in [1.165, 1.54) is 18.5 Å². The Morgan fingerprint density at radius 2 is 1.88 bits per heavy atom. The van der Waals surface area contributed by atoms with Crippen LogP contribution in [0, 0.1) is 12.7 Å². The van der Waals surface area contributed by atoms with Gasteiger partial charge in [0.2, 0.25) is 0 Å². The van der Waals surface area contributed by atoms with Crippen molar-refractivity contribution in [3.63, 3.8) is 0 Å². The fourth-order valence-corrected chi connectivity index (χ4v) is 3.75. The van der Waals surface area contributed by atoms with Crippen LogP contribution < -0.4 is 5.56 Å². The molecule has 33 heavy (non-hydrogen) atoms. The van der Waals surface area contributed by atoms with E-state index in [1.807, 2.05) is 38.1 Å². The Morgan fingerprint density at radius 3 is 2.61 bits per heavy atom. The number of pyridine rings is 1. The van der Waals surface area contributed by atoms with E-state index in [1.54, 1.807) is 22.8 Å². The maximum atomic E-state index is 14.0. The quantitative estimate of drug-likeness (QED) is 0.315. The van der Waals surface area contributed by atoms with Crippen LogP contribution in [0.2, 0.25) is 0 Å². The molecule has 0 amide bonds. The summed E-state index contributed by atoms with van der Waals surface area (Å²) in [6, 6.07) is 15.8. The molecule has 170 valence electrons. The summed E-state index contributed by atoms with van der Waals surface area (Å²) in [5.74, 6) is -0.366. The summed E-state index contributed by atoms with van der Waals surface area (Å²) in [6.45, 7) is 7.17. The molecule has 2 aromatic carbocycles. The Morgan fingerprint density at radius 1 is 1.09 bits per heavy atom. The minimum atomic E-state index is -0.366. The molecule has 0 fully saturated rings. The number of aryl methyl sites for hydroxylation is 1. The van der Waals surface area contributed by atoms with Crippen LogP contribution in [-0.2, 0) is 4.74 Å². The van der Waals surface area contributed by atoms with Crippen molar-refractivity contribution in [1.82, 2.24) is 14.5 Å². The fraction of sp³-hybridized carbons (Fsp3) is 0.296. The molecule has 0 bridgehead atoms. The Bertz CT molecular complexity index is 1320. The topological polar surface area (TPSA) is 57.0 Å². The molecule has 4 rings (SSSR count). The largest absolute Gasteiger partial charge is 0.379 e. The third kappa shape index (κ3) is 5.01. The maximum Gasteiger partial charge on any atom is 0.261 e. The third-order valence-electron chi connectivity index (χ3n) is 5.69. The van der Waals surface area contributed by atoms with Gasteiger partial charge in [-0.1, -0.05) is 55.3 Å². The first-order valence-electron chi connectivity index (χ1n) is 11.3. The highest BCUT2D eigenvalue weighted by Gasteiger charge is 2.17. The Labute approximate surface area is 192 Å². The number of aromatic nitrogens is 3. The van der Waals surface area contributed by atoms with Crippen molar-refractivity contribution in [1.29, 1.82) is 0 Å². The predicted octanol–water partition coefficient (Wildman–Crippen LogP) is 5.95. The lowest BCUT2D eigenvalue weighted by Crippen LogP contribution is -2.26. The van der Waals surface area contributed by atoms with Gasteiger partial charge in [0, 0.05) is 17.7 Å². The zero-order valence-electron chi connectivity index (χ0n) is 19.2. The molecule has 0 aliphatic heterocycles. The molecule has 0 spiro atoms. The molecule has 2 heterocycles. The van der Waals surface area contributed by atoms with Crippen LogP contribution in [-0.4, -0.2) is 27.7 Å². The van der Waals surface area contributed by atoms with E-state index >= 15 is 0 Å². The summed E-state index contributed by atoms with van der Waals surface area (Å²) in [6.07, 6.45) is 3.58. The number of unbranched alkanes of at least 4 members (excludes halogenated alkanes) is 1. The second-order valence-electron chi connectivity index (χ2n) is 8.36. The highest BCUT2D eigenvalue weighted by atomic mass is 19.1. The van der Waals surface area contributed by atoms with E-state index in [9.17, 15) is 9.18 Å². The Kier molecular flexibility index (Phi) is 6.94. The van der Waals surface area contributed by atoms with Crippen LogP contribution in [0.4, 0.5) is 4.39 Å². The van der Waals surface area contributed by atoms with Gasteiger partial charge in [0.25, 0.3) is 5.56 Å². The van der Waals surface area contributed by atoms with Crippen LogP contribution in [0.1, 0.15) is 38.3 Å². The monoisotopic (exact) mass is 445 g/mol. The van der Waals surface area contributed by atoms with E-state index < -0.39 is 0 Å². The van der Waals surface area contributed by atoms with Gasteiger partial charge >= 0.3 is 0 Å². The van der Waals surface area contributed by atoms with Crippen molar-refractivity contribution in [2.45, 2.75) is 39.7 Å². The van der Waals surface area contributed by atoms with Crippen molar-refractivity contribution in [3.05, 3.63) is 82.7 Å². The molecular formula is C27H28FN3O2. The van der Waals surface area contributed by atoms with Gasteiger partial charge in [0.05, 0.1) is 35.8 Å². The van der Waals surface area contributed by atoms with E-state index in [0.29, 0.717) is 41.1 Å². The molecule has 0 unspecified atom stereocenters. The lowest BCUT2D eigenvalue weighted by Gasteiger charge is -2.17. The molecule has 0 saturated carbocycles. The molecule has 1 atom stereocenters. The van der Waals surface area contributed by atoms with Gasteiger partial charge in [-0.25, -0.2) is 14.4 Å². The first-order chi connectivity index (χ1) is 16.0. The average molecular weight is 446 g/mol. The van der Waals surface area contributed by atoms with Crippen LogP contribution >= 0.6 is 0 Å². The molecule has 4 aromatic rings. The molecule has 0 saturated heterocycles. The number of fused-ring (bicyclic) bond motifs is 1. The van der Waals surface area contributed by atoms with Gasteiger partial charge < -0.3 is 4.74 Å². The van der Waals surface area contributed by atoms with Crippen LogP contribution in [0.3, 0.4) is 0 Å². The van der Waals surface area contributed by atoms with Crippen molar-refractivity contribution in [3.8, 4) is 22.5 Å².